The molecule has 0 aromatic carbocycles. The maximum Gasteiger partial charge on any atom is 0.133 e. The standard InChI is InChI=1S/C13H22O3/c1-2-3-4-5-11(15)13(16)12-9-6-8(14)7-10(9)12/h9-13,15-16H,2-7H2,1H3. The zero-order chi connectivity index (χ0) is 11.7. The lowest BCUT2D eigenvalue weighted by Gasteiger charge is -2.19. The van der Waals surface area contributed by atoms with Crippen LogP contribution in [-0.2, 0) is 4.79 Å². The van der Waals surface area contributed by atoms with Gasteiger partial charge in [0, 0.05) is 12.8 Å². The van der Waals surface area contributed by atoms with Crippen molar-refractivity contribution in [2.24, 2.45) is 17.8 Å². The molecule has 2 aliphatic rings. The number of hydrogen-bond acceptors (Lipinski definition) is 3. The lowest BCUT2D eigenvalue weighted by Crippen LogP contribution is -2.30. The molecular formula is C13H22O3. The van der Waals surface area contributed by atoms with Crippen LogP contribution in [0.4, 0.5) is 0 Å². The average molecular weight is 226 g/mol. The zero-order valence-corrected chi connectivity index (χ0v) is 9.93. The molecule has 2 saturated carbocycles. The molecule has 3 nitrogen and oxygen atoms in total. The Balaban J connectivity index is 1.72. The minimum absolute atomic E-state index is 0.203. The molecule has 0 amide bonds. The Hall–Kier alpha value is -0.410. The van der Waals surface area contributed by atoms with Gasteiger partial charge in [0.1, 0.15) is 5.78 Å². The van der Waals surface area contributed by atoms with Gasteiger partial charge in [0.25, 0.3) is 0 Å². The molecule has 2 aliphatic carbocycles. The van der Waals surface area contributed by atoms with E-state index in [0.29, 0.717) is 36.9 Å². The van der Waals surface area contributed by atoms with Gasteiger partial charge in [-0.05, 0) is 24.2 Å². The third kappa shape index (κ3) is 2.30. The molecule has 2 N–H and O–H groups in total. The summed E-state index contributed by atoms with van der Waals surface area (Å²) in [5.74, 6) is 1.29. The van der Waals surface area contributed by atoms with Crippen molar-refractivity contribution in [3.8, 4) is 0 Å². The number of ketones is 1. The Labute approximate surface area is 96.9 Å². The molecular weight excluding hydrogens is 204 g/mol. The molecule has 0 saturated heterocycles. The second-order valence-corrected chi connectivity index (χ2v) is 5.41. The molecule has 0 aliphatic heterocycles. The average Bonchev–Trinajstić information content (AvgIpc) is 2.75. The van der Waals surface area contributed by atoms with Gasteiger partial charge in [-0.25, -0.2) is 0 Å². The quantitative estimate of drug-likeness (QED) is 0.675. The van der Waals surface area contributed by atoms with E-state index in [-0.39, 0.29) is 5.92 Å². The predicted octanol–water partition coefficient (Wildman–Crippen LogP) is 1.51. The smallest absolute Gasteiger partial charge is 0.133 e. The molecule has 4 atom stereocenters. The molecule has 0 aromatic rings. The fourth-order valence-corrected chi connectivity index (χ4v) is 3.20. The lowest BCUT2D eigenvalue weighted by molar-refractivity contribution is -0.118. The van der Waals surface area contributed by atoms with Crippen molar-refractivity contribution in [1.29, 1.82) is 0 Å². The van der Waals surface area contributed by atoms with E-state index in [4.69, 9.17) is 0 Å². The molecule has 2 fully saturated rings. The topological polar surface area (TPSA) is 57.5 Å². The highest BCUT2D eigenvalue weighted by Crippen LogP contribution is 2.58. The first-order valence-electron chi connectivity index (χ1n) is 6.53. The van der Waals surface area contributed by atoms with Crippen molar-refractivity contribution in [2.45, 2.75) is 57.7 Å². The van der Waals surface area contributed by atoms with Gasteiger partial charge in [-0.15, -0.1) is 0 Å². The fourth-order valence-electron chi connectivity index (χ4n) is 3.20. The summed E-state index contributed by atoms with van der Waals surface area (Å²) in [6, 6.07) is 0. The van der Waals surface area contributed by atoms with Crippen LogP contribution in [0.25, 0.3) is 0 Å². The van der Waals surface area contributed by atoms with Gasteiger partial charge in [-0.3, -0.25) is 4.79 Å². The first-order chi connectivity index (χ1) is 7.65. The van der Waals surface area contributed by atoms with Crippen LogP contribution in [-0.4, -0.2) is 28.2 Å². The highest BCUT2D eigenvalue weighted by Gasteiger charge is 2.59. The van der Waals surface area contributed by atoms with Crippen molar-refractivity contribution < 1.29 is 15.0 Å². The van der Waals surface area contributed by atoms with Crippen LogP contribution in [0.1, 0.15) is 45.4 Å². The summed E-state index contributed by atoms with van der Waals surface area (Å²) in [6.07, 6.45) is 4.00. The second kappa shape index (κ2) is 4.84. The summed E-state index contributed by atoms with van der Waals surface area (Å²) in [6.45, 7) is 2.12. The number of aliphatic hydroxyl groups excluding tert-OH is 2. The number of unbranched alkanes of at least 4 members (excludes halogenated alkanes) is 2. The molecule has 16 heavy (non-hydrogen) atoms. The van der Waals surface area contributed by atoms with E-state index >= 15 is 0 Å². The summed E-state index contributed by atoms with van der Waals surface area (Å²) < 4.78 is 0. The summed E-state index contributed by atoms with van der Waals surface area (Å²) in [5.41, 5.74) is 0. The number of fused-ring (bicyclic) bond motifs is 1. The third-order valence-electron chi connectivity index (χ3n) is 4.22. The van der Waals surface area contributed by atoms with Crippen molar-refractivity contribution in [3.63, 3.8) is 0 Å². The molecule has 0 spiro atoms. The minimum Gasteiger partial charge on any atom is -0.390 e. The SMILES string of the molecule is CCCCCC(O)C(O)C1C2CC(=O)CC21. The maximum absolute atomic E-state index is 11.1. The molecule has 2 rings (SSSR count). The Morgan fingerprint density at radius 3 is 2.44 bits per heavy atom. The zero-order valence-electron chi connectivity index (χ0n) is 9.93. The van der Waals surface area contributed by atoms with E-state index in [1.807, 2.05) is 0 Å². The Bertz CT molecular complexity index is 250. The molecule has 4 unspecified atom stereocenters. The number of carbonyl (C=O) groups excluding carboxylic acids is 1. The van der Waals surface area contributed by atoms with E-state index in [0.717, 1.165) is 19.3 Å². The van der Waals surface area contributed by atoms with Crippen molar-refractivity contribution in [2.75, 3.05) is 0 Å². The van der Waals surface area contributed by atoms with Gasteiger partial charge in [-0.1, -0.05) is 26.2 Å². The first kappa shape index (κ1) is 12.1. The maximum atomic E-state index is 11.1. The van der Waals surface area contributed by atoms with Crippen LogP contribution in [0.15, 0.2) is 0 Å². The number of aliphatic hydroxyl groups is 2. The third-order valence-corrected chi connectivity index (χ3v) is 4.22. The van der Waals surface area contributed by atoms with Crippen LogP contribution in [0.2, 0.25) is 0 Å². The van der Waals surface area contributed by atoms with E-state index in [1.165, 1.54) is 0 Å². The van der Waals surface area contributed by atoms with Crippen LogP contribution >= 0.6 is 0 Å². The van der Waals surface area contributed by atoms with Crippen molar-refractivity contribution >= 4 is 5.78 Å². The van der Waals surface area contributed by atoms with Gasteiger partial charge in [0.05, 0.1) is 12.2 Å². The molecule has 3 heteroatoms. The van der Waals surface area contributed by atoms with Gasteiger partial charge < -0.3 is 10.2 Å². The first-order valence-corrected chi connectivity index (χ1v) is 6.53. The Morgan fingerprint density at radius 1 is 1.25 bits per heavy atom. The van der Waals surface area contributed by atoms with Crippen LogP contribution in [0, 0.1) is 17.8 Å². The largest absolute Gasteiger partial charge is 0.390 e. The second-order valence-electron chi connectivity index (χ2n) is 5.41. The number of hydrogen-bond donors (Lipinski definition) is 2. The molecule has 0 radical (unpaired) electrons. The van der Waals surface area contributed by atoms with E-state index in [2.05, 4.69) is 6.92 Å². The van der Waals surface area contributed by atoms with Gasteiger partial charge in [0.2, 0.25) is 0 Å². The van der Waals surface area contributed by atoms with Crippen molar-refractivity contribution in [1.82, 2.24) is 0 Å². The Kier molecular flexibility index (Phi) is 3.65. The van der Waals surface area contributed by atoms with Gasteiger partial charge in [-0.2, -0.15) is 0 Å². The summed E-state index contributed by atoms with van der Waals surface area (Å²) in [5, 5.41) is 19.8. The molecule has 0 aromatic heterocycles. The molecule has 0 heterocycles. The van der Waals surface area contributed by atoms with Crippen LogP contribution in [0.5, 0.6) is 0 Å². The summed E-state index contributed by atoms with van der Waals surface area (Å²) in [4.78, 5) is 11.1. The van der Waals surface area contributed by atoms with Gasteiger partial charge >= 0.3 is 0 Å². The van der Waals surface area contributed by atoms with E-state index < -0.39 is 12.2 Å². The molecule has 0 bridgehead atoms. The fraction of sp³-hybridized carbons (Fsp3) is 0.923. The predicted molar refractivity (Wildman–Crippen MR) is 60.9 cm³/mol. The summed E-state index contributed by atoms with van der Waals surface area (Å²) in [7, 11) is 0. The molecule has 92 valence electrons. The summed E-state index contributed by atoms with van der Waals surface area (Å²) >= 11 is 0. The Morgan fingerprint density at radius 2 is 1.88 bits per heavy atom. The van der Waals surface area contributed by atoms with E-state index in [1.54, 1.807) is 0 Å². The number of carbonyl (C=O) groups is 1. The van der Waals surface area contributed by atoms with E-state index in [9.17, 15) is 15.0 Å². The van der Waals surface area contributed by atoms with Crippen molar-refractivity contribution in [3.05, 3.63) is 0 Å². The van der Waals surface area contributed by atoms with Crippen LogP contribution < -0.4 is 0 Å². The van der Waals surface area contributed by atoms with Gasteiger partial charge in [0.15, 0.2) is 0 Å². The highest BCUT2D eigenvalue weighted by molar-refractivity contribution is 5.83. The van der Waals surface area contributed by atoms with Crippen LogP contribution in [0.3, 0.4) is 0 Å². The minimum atomic E-state index is -0.597. The normalized spacial score (nSPS) is 35.9. The monoisotopic (exact) mass is 226 g/mol. The number of rotatable bonds is 6. The lowest BCUT2D eigenvalue weighted by atomic mass is 9.98. The highest BCUT2D eigenvalue weighted by atomic mass is 16.3. The number of Topliss-reactive ketones (excluding diaryl/α,β-unsaturated/α-hetero) is 1.